The highest BCUT2D eigenvalue weighted by Gasteiger charge is 2.03. The zero-order valence-electron chi connectivity index (χ0n) is 13.3. The van der Waals surface area contributed by atoms with Gasteiger partial charge in [0.05, 0.1) is 12.3 Å². The number of anilines is 2. The number of rotatable bonds is 6. The van der Waals surface area contributed by atoms with Crippen LogP contribution in [0.1, 0.15) is 18.1 Å². The monoisotopic (exact) mass is 303 g/mol. The molecule has 0 bridgehead atoms. The fourth-order valence-corrected chi connectivity index (χ4v) is 2.54. The van der Waals surface area contributed by atoms with Crippen molar-refractivity contribution in [1.82, 2.24) is 0 Å². The summed E-state index contributed by atoms with van der Waals surface area (Å²) in [5.74, 6) is 0.878. The van der Waals surface area contributed by atoms with E-state index in [1.165, 1.54) is 11.1 Å². The fraction of sp³-hybridized carbons (Fsp3) is 0.143. The summed E-state index contributed by atoms with van der Waals surface area (Å²) >= 11 is 0. The van der Waals surface area contributed by atoms with Gasteiger partial charge in [-0.2, -0.15) is 0 Å². The third-order valence-corrected chi connectivity index (χ3v) is 3.67. The average molecular weight is 303 g/mol. The first-order valence-corrected chi connectivity index (χ1v) is 7.97. The Hall–Kier alpha value is -2.74. The van der Waals surface area contributed by atoms with Gasteiger partial charge in [0.15, 0.2) is 0 Å². The molecule has 0 heterocycles. The number of hydrogen-bond acceptors (Lipinski definition) is 2. The largest absolute Gasteiger partial charge is 0.492 e. The molecule has 23 heavy (non-hydrogen) atoms. The van der Waals surface area contributed by atoms with Crippen LogP contribution in [0.4, 0.5) is 11.4 Å². The summed E-state index contributed by atoms with van der Waals surface area (Å²) in [7, 11) is 0. The Labute approximate surface area is 137 Å². The second-order valence-corrected chi connectivity index (χ2v) is 5.41. The molecule has 0 aromatic heterocycles. The Morgan fingerprint density at radius 2 is 1.39 bits per heavy atom. The van der Waals surface area contributed by atoms with Crippen LogP contribution in [-0.2, 0) is 6.42 Å². The standard InChI is InChI=1S/C21H21NO/c1-2-23-21-11-7-6-10-20(21)22-19-14-12-18(13-15-19)16-17-8-4-3-5-9-17/h3-15,22H,2,16H2,1H3. The average Bonchev–Trinajstić information content (AvgIpc) is 2.60. The van der Waals surface area contributed by atoms with Crippen LogP contribution in [0.15, 0.2) is 78.9 Å². The predicted molar refractivity (Wildman–Crippen MR) is 96.6 cm³/mol. The van der Waals surface area contributed by atoms with Crippen LogP contribution in [0, 0.1) is 0 Å². The number of hydrogen-bond donors (Lipinski definition) is 1. The first-order chi connectivity index (χ1) is 11.3. The van der Waals surface area contributed by atoms with Gasteiger partial charge >= 0.3 is 0 Å². The minimum Gasteiger partial charge on any atom is -0.492 e. The lowest BCUT2D eigenvalue weighted by atomic mass is 10.0. The minimum absolute atomic E-state index is 0.661. The smallest absolute Gasteiger partial charge is 0.142 e. The lowest BCUT2D eigenvalue weighted by Gasteiger charge is -2.12. The summed E-state index contributed by atoms with van der Waals surface area (Å²) in [6, 6.07) is 27.1. The third-order valence-electron chi connectivity index (χ3n) is 3.67. The quantitative estimate of drug-likeness (QED) is 0.656. The van der Waals surface area contributed by atoms with E-state index in [-0.39, 0.29) is 0 Å². The first-order valence-electron chi connectivity index (χ1n) is 7.97. The van der Waals surface area contributed by atoms with E-state index < -0.39 is 0 Å². The molecule has 0 spiro atoms. The summed E-state index contributed by atoms with van der Waals surface area (Å²) in [4.78, 5) is 0. The molecule has 0 aliphatic heterocycles. The Bertz CT molecular complexity index is 735. The molecule has 0 aliphatic carbocycles. The maximum absolute atomic E-state index is 5.65. The minimum atomic E-state index is 0.661. The molecule has 2 nitrogen and oxygen atoms in total. The van der Waals surface area contributed by atoms with Crippen molar-refractivity contribution in [2.24, 2.45) is 0 Å². The Kier molecular flexibility index (Phi) is 4.95. The van der Waals surface area contributed by atoms with E-state index in [1.807, 2.05) is 37.3 Å². The zero-order chi connectivity index (χ0) is 15.9. The van der Waals surface area contributed by atoms with E-state index in [4.69, 9.17) is 4.74 Å². The van der Waals surface area contributed by atoms with E-state index in [9.17, 15) is 0 Å². The number of benzene rings is 3. The molecule has 116 valence electrons. The highest BCUT2D eigenvalue weighted by molar-refractivity contribution is 5.66. The van der Waals surface area contributed by atoms with E-state index in [2.05, 4.69) is 53.8 Å². The second kappa shape index (κ2) is 7.50. The molecule has 0 aliphatic rings. The van der Waals surface area contributed by atoms with Gasteiger partial charge in [0, 0.05) is 5.69 Å². The Balaban J connectivity index is 1.70. The van der Waals surface area contributed by atoms with Gasteiger partial charge in [0.25, 0.3) is 0 Å². The summed E-state index contributed by atoms with van der Waals surface area (Å²) in [5, 5.41) is 3.42. The zero-order valence-corrected chi connectivity index (χ0v) is 13.3. The van der Waals surface area contributed by atoms with Crippen molar-refractivity contribution in [3.8, 4) is 5.75 Å². The van der Waals surface area contributed by atoms with Crippen molar-refractivity contribution < 1.29 is 4.74 Å². The predicted octanol–water partition coefficient (Wildman–Crippen LogP) is 5.42. The van der Waals surface area contributed by atoms with Gasteiger partial charge in [0.1, 0.15) is 5.75 Å². The van der Waals surface area contributed by atoms with Crippen LogP contribution >= 0.6 is 0 Å². The number of ether oxygens (including phenoxy) is 1. The molecule has 3 aromatic rings. The molecule has 0 radical (unpaired) electrons. The van der Waals surface area contributed by atoms with Gasteiger partial charge < -0.3 is 10.1 Å². The van der Waals surface area contributed by atoms with Crippen LogP contribution in [0.25, 0.3) is 0 Å². The molecular formula is C21H21NO. The van der Waals surface area contributed by atoms with Crippen molar-refractivity contribution in [3.63, 3.8) is 0 Å². The second-order valence-electron chi connectivity index (χ2n) is 5.41. The van der Waals surface area contributed by atoms with Crippen molar-refractivity contribution in [2.45, 2.75) is 13.3 Å². The van der Waals surface area contributed by atoms with E-state index in [0.717, 1.165) is 23.5 Å². The van der Waals surface area contributed by atoms with E-state index in [0.29, 0.717) is 6.61 Å². The normalized spacial score (nSPS) is 10.3. The summed E-state index contributed by atoms with van der Waals surface area (Å²) in [5.41, 5.74) is 4.69. The molecule has 0 saturated carbocycles. The van der Waals surface area contributed by atoms with E-state index in [1.54, 1.807) is 0 Å². The molecule has 0 fully saturated rings. The van der Waals surface area contributed by atoms with Gasteiger partial charge in [-0.1, -0.05) is 54.6 Å². The van der Waals surface area contributed by atoms with Gasteiger partial charge in [0.2, 0.25) is 0 Å². The Morgan fingerprint density at radius 3 is 2.13 bits per heavy atom. The van der Waals surface area contributed by atoms with Gasteiger partial charge in [-0.3, -0.25) is 0 Å². The van der Waals surface area contributed by atoms with Crippen LogP contribution in [-0.4, -0.2) is 6.61 Å². The molecular weight excluding hydrogens is 282 g/mol. The van der Waals surface area contributed by atoms with Crippen LogP contribution in [0.5, 0.6) is 5.75 Å². The summed E-state index contributed by atoms with van der Waals surface area (Å²) < 4.78 is 5.65. The van der Waals surface area contributed by atoms with Crippen LogP contribution in [0.3, 0.4) is 0 Å². The van der Waals surface area contributed by atoms with Crippen molar-refractivity contribution >= 4 is 11.4 Å². The van der Waals surface area contributed by atoms with Crippen molar-refractivity contribution in [3.05, 3.63) is 90.0 Å². The van der Waals surface area contributed by atoms with Gasteiger partial charge in [-0.15, -0.1) is 0 Å². The molecule has 0 saturated heterocycles. The molecule has 1 N–H and O–H groups in total. The summed E-state index contributed by atoms with van der Waals surface area (Å²) in [6.07, 6.45) is 0.955. The molecule has 3 aromatic carbocycles. The van der Waals surface area contributed by atoms with Crippen molar-refractivity contribution in [2.75, 3.05) is 11.9 Å². The van der Waals surface area contributed by atoms with Crippen LogP contribution < -0.4 is 10.1 Å². The molecule has 2 heteroatoms. The SMILES string of the molecule is CCOc1ccccc1Nc1ccc(Cc2ccccc2)cc1. The Morgan fingerprint density at radius 1 is 0.739 bits per heavy atom. The molecule has 3 rings (SSSR count). The molecule has 0 atom stereocenters. The third kappa shape index (κ3) is 4.13. The van der Waals surface area contributed by atoms with Gasteiger partial charge in [-0.05, 0) is 48.7 Å². The topological polar surface area (TPSA) is 21.3 Å². The molecule has 0 unspecified atom stereocenters. The lowest BCUT2D eigenvalue weighted by Crippen LogP contribution is -1.97. The highest BCUT2D eigenvalue weighted by Crippen LogP contribution is 2.27. The number of para-hydroxylation sites is 2. The van der Waals surface area contributed by atoms with Crippen LogP contribution in [0.2, 0.25) is 0 Å². The lowest BCUT2D eigenvalue weighted by molar-refractivity contribution is 0.342. The first kappa shape index (κ1) is 15.2. The highest BCUT2D eigenvalue weighted by atomic mass is 16.5. The fourth-order valence-electron chi connectivity index (χ4n) is 2.54. The maximum atomic E-state index is 5.65. The maximum Gasteiger partial charge on any atom is 0.142 e. The van der Waals surface area contributed by atoms with Crippen molar-refractivity contribution in [1.29, 1.82) is 0 Å². The summed E-state index contributed by atoms with van der Waals surface area (Å²) in [6.45, 7) is 2.66. The molecule has 0 amide bonds. The number of nitrogens with one attached hydrogen (secondary N) is 1. The van der Waals surface area contributed by atoms with Gasteiger partial charge in [-0.25, -0.2) is 0 Å². The van der Waals surface area contributed by atoms with E-state index >= 15 is 0 Å².